The zero-order valence-electron chi connectivity index (χ0n) is 14.9. The first kappa shape index (κ1) is 22.0. The standard InChI is InChI=1S/C20H18NOP.ClH3O4/c21-20(22)16-23(17-10-4-1-5-11-17,18-12-6-2-7-13-18)19-14-8-3-9-15-19;2-1(3,4)5/h1-15H,16H2,(H-,21,22);2-4H/p+1. The third-order valence-corrected chi connectivity index (χ3v) is 8.31. The Kier molecular flexibility index (Phi) is 7.66. The first-order chi connectivity index (χ1) is 13.2. The Balaban J connectivity index is 0.000000500. The summed E-state index contributed by atoms with van der Waals surface area (Å²) in [7, 11) is -6.28. The van der Waals surface area contributed by atoms with Gasteiger partial charge in [0.15, 0.2) is 6.16 Å². The fraction of sp³-hybridized carbons (Fsp3) is 0.0500. The summed E-state index contributed by atoms with van der Waals surface area (Å²) in [5.74, 6) is -0.269. The van der Waals surface area contributed by atoms with Gasteiger partial charge in [-0.15, -0.1) is 0 Å². The molecule has 8 heteroatoms. The van der Waals surface area contributed by atoms with Gasteiger partial charge in [0.1, 0.15) is 23.2 Å². The molecule has 5 N–H and O–H groups in total. The molecule has 0 spiro atoms. The minimum absolute atomic E-state index is 0.269. The van der Waals surface area contributed by atoms with E-state index in [2.05, 4.69) is 36.4 Å². The zero-order chi connectivity index (χ0) is 20.6. The fourth-order valence-corrected chi connectivity index (χ4v) is 6.96. The van der Waals surface area contributed by atoms with E-state index in [-0.39, 0.29) is 5.91 Å². The molecule has 0 atom stereocenters. The Morgan fingerprint density at radius 3 is 1.21 bits per heavy atom. The first-order valence-corrected chi connectivity index (χ1v) is 11.5. The molecule has 0 heterocycles. The normalized spacial score (nSPS) is 11.9. The molecule has 0 radical (unpaired) electrons. The maximum atomic E-state index is 12.0. The average molecular weight is 423 g/mol. The molecule has 0 saturated heterocycles. The Morgan fingerprint density at radius 2 is 1.00 bits per heavy atom. The van der Waals surface area contributed by atoms with Gasteiger partial charge in [-0.1, -0.05) is 54.6 Å². The van der Waals surface area contributed by atoms with E-state index < -0.39 is 17.5 Å². The molecule has 148 valence electrons. The molecule has 0 unspecified atom stereocenters. The summed E-state index contributed by atoms with van der Waals surface area (Å²) in [6.45, 7) is 0. The van der Waals surface area contributed by atoms with Crippen LogP contribution >= 0.6 is 7.26 Å². The number of benzene rings is 3. The van der Waals surface area contributed by atoms with Crippen molar-refractivity contribution >= 4 is 29.1 Å². The van der Waals surface area contributed by atoms with Crippen LogP contribution < -0.4 is 26.3 Å². The fourth-order valence-electron chi connectivity index (χ4n) is 3.00. The molecule has 0 aliphatic rings. The Hall–Kier alpha value is -2.31. The van der Waals surface area contributed by atoms with E-state index >= 15 is 0 Å². The van der Waals surface area contributed by atoms with Gasteiger partial charge in [0.25, 0.3) is 5.91 Å². The van der Waals surface area contributed by atoms with E-state index in [9.17, 15) is 4.79 Å². The van der Waals surface area contributed by atoms with Crippen LogP contribution in [0.3, 0.4) is 0 Å². The van der Waals surface area contributed by atoms with E-state index in [1.54, 1.807) is 0 Å². The average Bonchev–Trinajstić information content (AvgIpc) is 2.67. The number of primary amides is 1. The van der Waals surface area contributed by atoms with Crippen LogP contribution in [0.15, 0.2) is 91.0 Å². The van der Waals surface area contributed by atoms with Gasteiger partial charge in [0.2, 0.25) is 0 Å². The van der Waals surface area contributed by atoms with E-state index in [4.69, 9.17) is 24.4 Å². The summed E-state index contributed by atoms with van der Waals surface area (Å²) in [6, 6.07) is 30.8. The quantitative estimate of drug-likeness (QED) is 0.416. The number of rotatable bonds is 5. The number of halogens is 1. The van der Waals surface area contributed by atoms with Crippen LogP contribution in [0.4, 0.5) is 0 Å². The van der Waals surface area contributed by atoms with E-state index in [0.717, 1.165) is 0 Å². The van der Waals surface area contributed by atoms with Crippen LogP contribution in [0.5, 0.6) is 0 Å². The molecule has 3 rings (SSSR count). The summed E-state index contributed by atoms with van der Waals surface area (Å²) < 4.78 is 30.2. The Bertz CT molecular complexity index is 771. The van der Waals surface area contributed by atoms with Crippen LogP contribution in [0.25, 0.3) is 0 Å². The third kappa shape index (κ3) is 6.11. The molecular formula is C20H22ClNO5P+. The van der Waals surface area contributed by atoms with Crippen molar-refractivity contribution in [2.45, 2.75) is 0 Å². The summed E-state index contributed by atoms with van der Waals surface area (Å²) >= 11 is 0. The van der Waals surface area contributed by atoms with Crippen molar-refractivity contribution < 1.29 is 33.7 Å². The number of carbonyl (C=O) groups excluding carboxylic acids is 1. The number of nitrogens with two attached hydrogens (primary N) is 1. The van der Waals surface area contributed by atoms with Gasteiger partial charge in [0.05, 0.1) is 0 Å². The molecule has 3 aromatic rings. The van der Waals surface area contributed by atoms with Gasteiger partial charge in [-0.05, 0) is 36.4 Å². The molecule has 0 bridgehead atoms. The molecule has 0 saturated carbocycles. The second kappa shape index (κ2) is 9.75. The number of hydrogen-bond acceptors (Lipinski definition) is 5. The van der Waals surface area contributed by atoms with E-state index in [1.165, 1.54) is 15.9 Å². The van der Waals surface area contributed by atoms with Crippen LogP contribution in [0.2, 0.25) is 0 Å². The van der Waals surface area contributed by atoms with Crippen molar-refractivity contribution in [3.8, 4) is 0 Å². The van der Waals surface area contributed by atoms with Crippen molar-refractivity contribution in [3.05, 3.63) is 91.0 Å². The first-order valence-electron chi connectivity index (χ1n) is 8.23. The maximum absolute atomic E-state index is 12.0. The van der Waals surface area contributed by atoms with Crippen LogP contribution in [0, 0.1) is 10.2 Å². The third-order valence-electron chi connectivity index (χ3n) is 3.98. The van der Waals surface area contributed by atoms with Crippen LogP contribution in [-0.4, -0.2) is 26.0 Å². The number of amides is 1. The van der Waals surface area contributed by atoms with E-state index in [1.807, 2.05) is 54.6 Å². The van der Waals surface area contributed by atoms with Crippen molar-refractivity contribution in [1.29, 1.82) is 0 Å². The van der Waals surface area contributed by atoms with Crippen LogP contribution in [0.1, 0.15) is 0 Å². The second-order valence-corrected chi connectivity index (χ2v) is 10.2. The monoisotopic (exact) mass is 422 g/mol. The summed E-state index contributed by atoms with van der Waals surface area (Å²) in [5, 5.41) is 3.53. The van der Waals surface area contributed by atoms with E-state index in [0.29, 0.717) is 6.16 Å². The molecule has 0 aliphatic heterocycles. The predicted molar refractivity (Wildman–Crippen MR) is 106 cm³/mol. The molecular weight excluding hydrogens is 401 g/mol. The topological polar surface area (TPSA) is 127 Å². The van der Waals surface area contributed by atoms with Crippen molar-refractivity contribution in [2.24, 2.45) is 5.73 Å². The van der Waals surface area contributed by atoms with Crippen molar-refractivity contribution in [3.63, 3.8) is 0 Å². The van der Waals surface area contributed by atoms with Gasteiger partial charge in [0, 0.05) is 0 Å². The molecule has 28 heavy (non-hydrogen) atoms. The molecule has 0 aliphatic carbocycles. The minimum atomic E-state index is -4.19. The van der Waals surface area contributed by atoms with Crippen molar-refractivity contribution in [2.75, 3.05) is 6.16 Å². The molecule has 0 fully saturated rings. The number of hydrogen-bond donors (Lipinski definition) is 4. The predicted octanol–water partition coefficient (Wildman–Crippen LogP) is -0.394. The zero-order valence-corrected chi connectivity index (χ0v) is 16.6. The van der Waals surface area contributed by atoms with Gasteiger partial charge >= 0.3 is 28.9 Å². The SMILES string of the molecule is NC(=O)C[P+](c1ccccc1)(c1ccccc1)c1ccccc1.[O-][Cl+](O)(O)O. The van der Waals surface area contributed by atoms with Gasteiger partial charge in [-0.2, -0.15) is 0 Å². The molecule has 3 aromatic carbocycles. The van der Waals surface area contributed by atoms with Gasteiger partial charge in [-0.3, -0.25) is 4.79 Å². The summed E-state index contributed by atoms with van der Waals surface area (Å²) in [4.78, 5) is 12.0. The number of carbonyl (C=O) groups is 1. The second-order valence-electron chi connectivity index (χ2n) is 5.87. The molecule has 0 aromatic heterocycles. The van der Waals surface area contributed by atoms with Crippen molar-refractivity contribution in [1.82, 2.24) is 0 Å². The van der Waals surface area contributed by atoms with Crippen LogP contribution in [-0.2, 0) is 4.79 Å². The molecule has 6 nitrogen and oxygen atoms in total. The summed E-state index contributed by atoms with van der Waals surface area (Å²) in [5.41, 5.74) is 5.68. The molecule has 1 amide bonds. The Morgan fingerprint density at radius 1 is 0.750 bits per heavy atom. The van der Waals surface area contributed by atoms with Gasteiger partial charge < -0.3 is 5.73 Å². The summed E-state index contributed by atoms with van der Waals surface area (Å²) in [6.07, 6.45) is 0.338. The Labute approximate surface area is 166 Å². The van der Waals surface area contributed by atoms with Gasteiger partial charge in [-0.25, -0.2) is 0 Å².